The van der Waals surface area contributed by atoms with Crippen molar-refractivity contribution in [3.05, 3.63) is 81.5 Å². The van der Waals surface area contributed by atoms with E-state index < -0.39 is 15.9 Å². The van der Waals surface area contributed by atoms with Crippen LogP contribution in [0.25, 0.3) is 6.08 Å². The van der Waals surface area contributed by atoms with Crippen molar-refractivity contribution in [2.45, 2.75) is 11.8 Å². The number of aryl methyl sites for hydroxylation is 1. The van der Waals surface area contributed by atoms with E-state index in [9.17, 15) is 17.6 Å². The van der Waals surface area contributed by atoms with Crippen molar-refractivity contribution in [1.29, 1.82) is 0 Å². The molecule has 1 aliphatic heterocycles. The number of halogens is 1. The number of benzene rings is 2. The summed E-state index contributed by atoms with van der Waals surface area (Å²) in [6.45, 7) is 1.93. The van der Waals surface area contributed by atoms with E-state index >= 15 is 0 Å². The van der Waals surface area contributed by atoms with E-state index in [1.807, 2.05) is 18.4 Å². The van der Waals surface area contributed by atoms with Gasteiger partial charge in [-0.1, -0.05) is 0 Å². The minimum absolute atomic E-state index is 0.00979. The van der Waals surface area contributed by atoms with E-state index in [1.165, 1.54) is 29.5 Å². The number of rotatable bonds is 4. The molecule has 2 aromatic carbocycles. The Morgan fingerprint density at radius 3 is 2.54 bits per heavy atom. The van der Waals surface area contributed by atoms with Crippen LogP contribution in [0.15, 0.2) is 64.6 Å². The highest BCUT2D eigenvalue weighted by Crippen LogP contribution is 2.36. The zero-order valence-corrected chi connectivity index (χ0v) is 16.1. The first kappa shape index (κ1) is 18.4. The molecule has 1 aromatic heterocycles. The highest BCUT2D eigenvalue weighted by molar-refractivity contribution is 7.87. The summed E-state index contributed by atoms with van der Waals surface area (Å²) >= 11 is 1.49. The van der Waals surface area contributed by atoms with Crippen molar-refractivity contribution in [2.75, 3.05) is 0 Å². The number of Topliss-reactive ketones (excluding diaryl/α,β-unsaturated/α-hetero) is 1. The molecule has 2 heterocycles. The molecule has 0 unspecified atom stereocenters. The molecule has 4 rings (SSSR count). The lowest BCUT2D eigenvalue weighted by atomic mass is 10.1. The average molecular weight is 416 g/mol. The van der Waals surface area contributed by atoms with Crippen LogP contribution in [-0.2, 0) is 10.1 Å². The summed E-state index contributed by atoms with van der Waals surface area (Å²) < 4.78 is 48.4. The van der Waals surface area contributed by atoms with E-state index in [0.717, 1.165) is 34.7 Å². The summed E-state index contributed by atoms with van der Waals surface area (Å²) in [7, 11) is -4.14. The number of carbonyl (C=O) groups is 1. The van der Waals surface area contributed by atoms with Crippen molar-refractivity contribution >= 4 is 33.3 Å². The van der Waals surface area contributed by atoms with Crippen LogP contribution >= 0.6 is 11.3 Å². The predicted octanol–water partition coefficient (Wildman–Crippen LogP) is 4.58. The fraction of sp³-hybridized carbons (Fsp3) is 0.0500. The molecule has 0 radical (unpaired) electrons. The molecular formula is C20H13FO5S2. The molecule has 142 valence electrons. The van der Waals surface area contributed by atoms with Crippen LogP contribution in [0.5, 0.6) is 11.5 Å². The minimum atomic E-state index is -4.14. The Bertz CT molecular complexity index is 1210. The van der Waals surface area contributed by atoms with E-state index in [0.29, 0.717) is 5.56 Å². The fourth-order valence-electron chi connectivity index (χ4n) is 2.65. The number of thiophene rings is 1. The quantitative estimate of drug-likeness (QED) is 0.460. The first-order valence-corrected chi connectivity index (χ1v) is 10.4. The lowest BCUT2D eigenvalue weighted by molar-refractivity contribution is 0.101. The van der Waals surface area contributed by atoms with E-state index in [4.69, 9.17) is 8.92 Å². The van der Waals surface area contributed by atoms with Crippen molar-refractivity contribution in [2.24, 2.45) is 0 Å². The second-order valence-corrected chi connectivity index (χ2v) is 8.55. The predicted molar refractivity (Wildman–Crippen MR) is 103 cm³/mol. The van der Waals surface area contributed by atoms with Gasteiger partial charge in [-0.2, -0.15) is 8.42 Å². The standard InChI is InChI=1S/C20H13FO5S2/c1-12-8-9-27-19(12)11-18-20(22)16-7-4-14(10-17(16)25-18)26-28(23,24)15-5-2-13(21)3-6-15/h2-11H,1H3. The van der Waals surface area contributed by atoms with Gasteiger partial charge in [-0.3, -0.25) is 4.79 Å². The molecule has 28 heavy (non-hydrogen) atoms. The monoisotopic (exact) mass is 416 g/mol. The van der Waals surface area contributed by atoms with Crippen molar-refractivity contribution in [1.82, 2.24) is 0 Å². The van der Waals surface area contributed by atoms with Crippen LogP contribution in [0.2, 0.25) is 0 Å². The Morgan fingerprint density at radius 2 is 1.86 bits per heavy atom. The molecule has 0 spiro atoms. The number of carbonyl (C=O) groups excluding carboxylic acids is 1. The first-order chi connectivity index (χ1) is 13.3. The van der Waals surface area contributed by atoms with Crippen molar-refractivity contribution < 1.29 is 26.5 Å². The van der Waals surface area contributed by atoms with E-state index in [2.05, 4.69) is 0 Å². The summed E-state index contributed by atoms with van der Waals surface area (Å²) in [5.41, 5.74) is 1.35. The van der Waals surface area contributed by atoms with Gasteiger partial charge in [-0.15, -0.1) is 11.3 Å². The maximum atomic E-state index is 13.0. The van der Waals surface area contributed by atoms with Crippen LogP contribution in [0.4, 0.5) is 4.39 Å². The smallest absolute Gasteiger partial charge is 0.339 e. The van der Waals surface area contributed by atoms with Gasteiger partial charge in [0.15, 0.2) is 5.76 Å². The zero-order valence-electron chi connectivity index (χ0n) is 14.5. The van der Waals surface area contributed by atoms with E-state index in [1.54, 1.807) is 6.08 Å². The van der Waals surface area contributed by atoms with Gasteiger partial charge in [0.2, 0.25) is 5.78 Å². The third kappa shape index (κ3) is 3.44. The molecule has 5 nitrogen and oxygen atoms in total. The Morgan fingerprint density at radius 1 is 1.11 bits per heavy atom. The first-order valence-electron chi connectivity index (χ1n) is 8.16. The largest absolute Gasteiger partial charge is 0.452 e. The third-order valence-corrected chi connectivity index (χ3v) is 6.34. The molecular weight excluding hydrogens is 403 g/mol. The molecule has 0 N–H and O–H groups in total. The number of ether oxygens (including phenoxy) is 1. The van der Waals surface area contributed by atoms with Gasteiger partial charge in [0.1, 0.15) is 22.2 Å². The molecule has 0 aliphatic carbocycles. The second-order valence-electron chi connectivity index (χ2n) is 6.06. The number of allylic oxidation sites excluding steroid dienone is 1. The minimum Gasteiger partial charge on any atom is -0.452 e. The molecule has 0 saturated heterocycles. The van der Waals surface area contributed by atoms with Crippen LogP contribution in [0.1, 0.15) is 20.8 Å². The third-order valence-electron chi connectivity index (χ3n) is 4.11. The van der Waals surface area contributed by atoms with Crippen LogP contribution in [-0.4, -0.2) is 14.2 Å². The molecule has 0 saturated carbocycles. The molecule has 3 aromatic rings. The van der Waals surface area contributed by atoms with Crippen molar-refractivity contribution in [3.8, 4) is 11.5 Å². The fourth-order valence-corrected chi connectivity index (χ4v) is 4.42. The van der Waals surface area contributed by atoms with Crippen LogP contribution in [0, 0.1) is 12.7 Å². The molecule has 0 fully saturated rings. The molecule has 0 bridgehead atoms. The maximum absolute atomic E-state index is 13.0. The van der Waals surface area contributed by atoms with Gasteiger partial charge in [-0.25, -0.2) is 4.39 Å². The van der Waals surface area contributed by atoms with Gasteiger partial charge in [0.05, 0.1) is 5.56 Å². The number of hydrogen-bond acceptors (Lipinski definition) is 6. The number of fused-ring (bicyclic) bond motifs is 1. The molecule has 8 heteroatoms. The maximum Gasteiger partial charge on any atom is 0.339 e. The summed E-state index contributed by atoms with van der Waals surface area (Å²) in [6.07, 6.45) is 1.66. The second kappa shape index (κ2) is 6.88. The normalized spacial score (nSPS) is 14.8. The Balaban J connectivity index is 1.60. The van der Waals surface area contributed by atoms with Gasteiger partial charge in [0, 0.05) is 17.0 Å². The highest BCUT2D eigenvalue weighted by Gasteiger charge is 2.29. The van der Waals surface area contributed by atoms with Crippen LogP contribution in [0.3, 0.4) is 0 Å². The van der Waals surface area contributed by atoms with Gasteiger partial charge >= 0.3 is 10.1 Å². The lowest BCUT2D eigenvalue weighted by Gasteiger charge is -2.07. The topological polar surface area (TPSA) is 69.7 Å². The Labute approximate surface area is 164 Å². The Hall–Kier alpha value is -2.97. The van der Waals surface area contributed by atoms with E-state index in [-0.39, 0.29) is 27.9 Å². The van der Waals surface area contributed by atoms with Gasteiger partial charge in [0.25, 0.3) is 0 Å². The van der Waals surface area contributed by atoms with Gasteiger partial charge < -0.3 is 8.92 Å². The Kier molecular flexibility index (Phi) is 4.52. The molecule has 0 atom stereocenters. The summed E-state index contributed by atoms with van der Waals surface area (Å²) in [5, 5.41) is 1.92. The van der Waals surface area contributed by atoms with Crippen LogP contribution < -0.4 is 8.92 Å². The van der Waals surface area contributed by atoms with Crippen molar-refractivity contribution in [3.63, 3.8) is 0 Å². The number of hydrogen-bond donors (Lipinski definition) is 0. The highest BCUT2D eigenvalue weighted by atomic mass is 32.2. The zero-order chi connectivity index (χ0) is 19.9. The summed E-state index contributed by atoms with van der Waals surface area (Å²) in [5.74, 6) is -0.458. The summed E-state index contributed by atoms with van der Waals surface area (Å²) in [6, 6.07) is 10.4. The summed E-state index contributed by atoms with van der Waals surface area (Å²) in [4.78, 5) is 13.2. The SMILES string of the molecule is Cc1ccsc1C=C1Oc2cc(OS(=O)(=O)c3ccc(F)cc3)ccc2C1=O. The number of ketones is 1. The average Bonchev–Trinajstić information content (AvgIpc) is 3.19. The molecule has 1 aliphatic rings. The lowest BCUT2D eigenvalue weighted by Crippen LogP contribution is -2.09. The van der Waals surface area contributed by atoms with Gasteiger partial charge in [-0.05, 0) is 60.3 Å². The molecule has 0 amide bonds.